The second kappa shape index (κ2) is 2.87. The van der Waals surface area contributed by atoms with Crippen molar-refractivity contribution in [2.45, 2.75) is 5.03 Å². The van der Waals surface area contributed by atoms with Crippen molar-refractivity contribution >= 4 is 19.7 Å². The van der Waals surface area contributed by atoms with Gasteiger partial charge in [0.05, 0.1) is 0 Å². The lowest BCUT2D eigenvalue weighted by molar-refractivity contribution is 0.592. The minimum atomic E-state index is -3.99. The standard InChI is InChI=1S/C5H3ClFNO3S/c6-12(10,11)4-2-1-3(7)5(9)8-4/h1-2H,(H,8,9). The summed E-state index contributed by atoms with van der Waals surface area (Å²) in [5.41, 5.74) is -1.11. The van der Waals surface area contributed by atoms with Crippen LogP contribution in [-0.4, -0.2) is 13.4 Å². The molecule has 1 N–H and O–H groups in total. The van der Waals surface area contributed by atoms with Crippen LogP contribution in [0, 0.1) is 5.82 Å². The molecule has 12 heavy (non-hydrogen) atoms. The van der Waals surface area contributed by atoms with Crippen molar-refractivity contribution in [1.29, 1.82) is 0 Å². The molecule has 0 fully saturated rings. The molecule has 7 heteroatoms. The summed E-state index contributed by atoms with van der Waals surface area (Å²) < 4.78 is 33.4. The highest BCUT2D eigenvalue weighted by Crippen LogP contribution is 2.08. The Morgan fingerprint density at radius 2 is 2.00 bits per heavy atom. The van der Waals surface area contributed by atoms with Crippen LogP contribution in [0.4, 0.5) is 4.39 Å². The van der Waals surface area contributed by atoms with Gasteiger partial charge in [0.25, 0.3) is 14.6 Å². The highest BCUT2D eigenvalue weighted by Gasteiger charge is 2.11. The number of pyridine rings is 1. The predicted molar refractivity (Wildman–Crippen MR) is 40.1 cm³/mol. The SMILES string of the molecule is O=c1[nH]c(S(=O)(=O)Cl)ccc1F. The number of aromatic amines is 1. The molecule has 0 bridgehead atoms. The van der Waals surface area contributed by atoms with Gasteiger partial charge in [-0.3, -0.25) is 4.79 Å². The summed E-state index contributed by atoms with van der Waals surface area (Å²) in [5.74, 6) is -1.06. The highest BCUT2D eigenvalue weighted by molar-refractivity contribution is 8.13. The van der Waals surface area contributed by atoms with Crippen LogP contribution in [0.15, 0.2) is 22.0 Å². The maximum absolute atomic E-state index is 12.3. The fourth-order valence-corrected chi connectivity index (χ4v) is 1.30. The van der Waals surface area contributed by atoms with Gasteiger partial charge in [0.15, 0.2) is 10.8 Å². The zero-order valence-electron chi connectivity index (χ0n) is 5.54. The Morgan fingerprint density at radius 1 is 1.42 bits per heavy atom. The van der Waals surface area contributed by atoms with E-state index < -0.39 is 25.5 Å². The fraction of sp³-hybridized carbons (Fsp3) is 0. The van der Waals surface area contributed by atoms with Crippen LogP contribution in [0.25, 0.3) is 0 Å². The van der Waals surface area contributed by atoms with Gasteiger partial charge in [-0.15, -0.1) is 0 Å². The minimum Gasteiger partial charge on any atom is -0.309 e. The normalized spacial score (nSPS) is 11.5. The van der Waals surface area contributed by atoms with Crippen molar-refractivity contribution in [2.75, 3.05) is 0 Å². The number of hydrogen-bond acceptors (Lipinski definition) is 3. The first-order valence-electron chi connectivity index (χ1n) is 2.75. The Hall–Kier alpha value is -0.880. The molecule has 0 amide bonds. The van der Waals surface area contributed by atoms with Gasteiger partial charge in [-0.2, -0.15) is 0 Å². The average Bonchev–Trinajstić information content (AvgIpc) is 1.92. The van der Waals surface area contributed by atoms with Gasteiger partial charge in [-0.05, 0) is 12.1 Å². The smallest absolute Gasteiger partial charge is 0.284 e. The number of halogens is 2. The zero-order valence-corrected chi connectivity index (χ0v) is 7.12. The Bertz CT molecular complexity index is 452. The number of nitrogens with one attached hydrogen (secondary N) is 1. The van der Waals surface area contributed by atoms with Gasteiger partial charge in [-0.25, -0.2) is 12.8 Å². The van der Waals surface area contributed by atoms with Crippen LogP contribution in [0.2, 0.25) is 0 Å². The van der Waals surface area contributed by atoms with Gasteiger partial charge in [0.1, 0.15) is 0 Å². The Labute approximate surface area is 71.4 Å². The summed E-state index contributed by atoms with van der Waals surface area (Å²) in [6.45, 7) is 0. The third-order valence-electron chi connectivity index (χ3n) is 1.10. The van der Waals surface area contributed by atoms with Gasteiger partial charge < -0.3 is 4.98 Å². The van der Waals surface area contributed by atoms with Crippen molar-refractivity contribution in [3.05, 3.63) is 28.3 Å². The van der Waals surface area contributed by atoms with Gasteiger partial charge in [-0.1, -0.05) is 0 Å². The molecule has 0 radical (unpaired) electrons. The monoisotopic (exact) mass is 211 g/mol. The van der Waals surface area contributed by atoms with Crippen LogP contribution in [0.1, 0.15) is 0 Å². The lowest BCUT2D eigenvalue weighted by Crippen LogP contribution is -2.13. The summed E-state index contributed by atoms with van der Waals surface area (Å²) in [6, 6.07) is 1.60. The first-order valence-corrected chi connectivity index (χ1v) is 5.05. The van der Waals surface area contributed by atoms with E-state index in [2.05, 4.69) is 0 Å². The van der Waals surface area contributed by atoms with Crippen LogP contribution >= 0.6 is 10.7 Å². The van der Waals surface area contributed by atoms with Crippen LogP contribution < -0.4 is 5.56 Å². The quantitative estimate of drug-likeness (QED) is 0.686. The second-order valence-electron chi connectivity index (χ2n) is 1.94. The summed E-state index contributed by atoms with van der Waals surface area (Å²) in [5, 5.41) is -0.518. The molecule has 0 aliphatic rings. The van der Waals surface area contributed by atoms with Crippen molar-refractivity contribution in [3.63, 3.8) is 0 Å². The van der Waals surface area contributed by atoms with Crippen molar-refractivity contribution < 1.29 is 12.8 Å². The fourth-order valence-electron chi connectivity index (χ4n) is 0.580. The summed E-state index contributed by atoms with van der Waals surface area (Å²) in [7, 11) is 0.870. The first-order chi connectivity index (χ1) is 5.41. The van der Waals surface area contributed by atoms with E-state index in [1.165, 1.54) is 0 Å². The number of hydrogen-bond donors (Lipinski definition) is 1. The summed E-state index contributed by atoms with van der Waals surface area (Å²) in [4.78, 5) is 12.3. The largest absolute Gasteiger partial charge is 0.309 e. The number of H-pyrrole nitrogens is 1. The molecule has 4 nitrogen and oxygen atoms in total. The molecule has 0 saturated heterocycles. The Kier molecular flexibility index (Phi) is 2.20. The minimum absolute atomic E-state index is 0.518. The van der Waals surface area contributed by atoms with Crippen LogP contribution in [0.5, 0.6) is 0 Å². The third-order valence-corrected chi connectivity index (χ3v) is 2.36. The van der Waals surface area contributed by atoms with Crippen molar-refractivity contribution in [3.8, 4) is 0 Å². The Morgan fingerprint density at radius 3 is 2.42 bits per heavy atom. The maximum atomic E-state index is 12.3. The lowest BCUT2D eigenvalue weighted by Gasteiger charge is -1.93. The molecular weight excluding hydrogens is 209 g/mol. The van der Waals surface area contributed by atoms with E-state index in [1.54, 1.807) is 4.98 Å². The molecule has 0 atom stereocenters. The zero-order chi connectivity index (χ0) is 9.35. The average molecular weight is 212 g/mol. The van der Waals surface area contributed by atoms with Crippen molar-refractivity contribution in [1.82, 2.24) is 4.98 Å². The molecule has 0 saturated carbocycles. The van der Waals surface area contributed by atoms with Gasteiger partial charge >= 0.3 is 0 Å². The van der Waals surface area contributed by atoms with E-state index in [0.29, 0.717) is 0 Å². The van der Waals surface area contributed by atoms with E-state index in [4.69, 9.17) is 10.7 Å². The highest BCUT2D eigenvalue weighted by atomic mass is 35.7. The van der Waals surface area contributed by atoms with Crippen molar-refractivity contribution in [2.24, 2.45) is 0 Å². The number of rotatable bonds is 1. The molecule has 1 aromatic rings. The van der Waals surface area contributed by atoms with Gasteiger partial charge in [0.2, 0.25) is 0 Å². The molecule has 1 aromatic heterocycles. The Balaban J connectivity index is 3.43. The first kappa shape index (κ1) is 9.21. The van der Waals surface area contributed by atoms with E-state index in [0.717, 1.165) is 12.1 Å². The molecule has 66 valence electrons. The number of aromatic nitrogens is 1. The van der Waals surface area contributed by atoms with E-state index in [1.807, 2.05) is 0 Å². The molecule has 0 aromatic carbocycles. The molecule has 0 unspecified atom stereocenters. The molecule has 0 aliphatic carbocycles. The van der Waals surface area contributed by atoms with E-state index >= 15 is 0 Å². The van der Waals surface area contributed by atoms with Crippen LogP contribution in [0.3, 0.4) is 0 Å². The van der Waals surface area contributed by atoms with Gasteiger partial charge in [0, 0.05) is 10.7 Å². The van der Waals surface area contributed by atoms with E-state index in [-0.39, 0.29) is 0 Å². The topological polar surface area (TPSA) is 67.0 Å². The maximum Gasteiger partial charge on any atom is 0.284 e. The molecule has 0 aliphatic heterocycles. The molecule has 1 rings (SSSR count). The molecular formula is C5H3ClFNO3S. The molecule has 1 heterocycles. The van der Waals surface area contributed by atoms with E-state index in [9.17, 15) is 17.6 Å². The van der Waals surface area contributed by atoms with Crippen LogP contribution in [-0.2, 0) is 9.05 Å². The second-order valence-corrected chi connectivity index (χ2v) is 4.47. The predicted octanol–water partition coefficient (Wildman–Crippen LogP) is 0.442. The summed E-state index contributed by atoms with van der Waals surface area (Å²) >= 11 is 0. The summed E-state index contributed by atoms with van der Waals surface area (Å²) in [6.07, 6.45) is 0. The molecule has 0 spiro atoms. The third kappa shape index (κ3) is 1.83. The lowest BCUT2D eigenvalue weighted by atomic mass is 10.5.